The third-order valence-electron chi connectivity index (χ3n) is 2.87. The van der Waals surface area contributed by atoms with Crippen molar-refractivity contribution in [3.63, 3.8) is 0 Å². The van der Waals surface area contributed by atoms with Gasteiger partial charge in [0.1, 0.15) is 0 Å². The first kappa shape index (κ1) is 17.9. The molecule has 19 heavy (non-hydrogen) atoms. The van der Waals surface area contributed by atoms with Gasteiger partial charge in [0, 0.05) is 18.6 Å². The van der Waals surface area contributed by atoms with Gasteiger partial charge in [0.15, 0.2) is 0 Å². The maximum Gasteiger partial charge on any atom is 0.239 e. The number of carbonyl (C=O) groups excluding carboxylic acids is 2. The normalized spacial score (nSPS) is 12.1. The van der Waals surface area contributed by atoms with Crippen molar-refractivity contribution >= 4 is 11.8 Å². The van der Waals surface area contributed by atoms with E-state index in [-0.39, 0.29) is 30.4 Å². The number of nitrogens with one attached hydrogen (secondary N) is 2. The summed E-state index contributed by atoms with van der Waals surface area (Å²) < 4.78 is 0. The molecule has 0 bridgehead atoms. The third-order valence-corrected chi connectivity index (χ3v) is 2.87. The van der Waals surface area contributed by atoms with Crippen LogP contribution in [0.4, 0.5) is 0 Å². The molecule has 0 aliphatic rings. The predicted octanol–water partition coefficient (Wildman–Crippen LogP) is 1.06. The molecule has 0 aromatic carbocycles. The van der Waals surface area contributed by atoms with Gasteiger partial charge in [0.25, 0.3) is 0 Å². The highest BCUT2D eigenvalue weighted by atomic mass is 16.3. The topological polar surface area (TPSA) is 78.4 Å². The van der Waals surface area contributed by atoms with Crippen LogP contribution in [0.5, 0.6) is 0 Å². The average molecular weight is 272 g/mol. The van der Waals surface area contributed by atoms with Crippen LogP contribution < -0.4 is 10.6 Å². The minimum atomic E-state index is -0.485. The molecule has 0 spiro atoms. The quantitative estimate of drug-likeness (QED) is 0.648. The Labute approximate surface area is 116 Å². The van der Waals surface area contributed by atoms with Crippen molar-refractivity contribution in [2.24, 2.45) is 10.8 Å². The van der Waals surface area contributed by atoms with Crippen molar-refractivity contribution in [2.75, 3.05) is 19.7 Å². The first-order chi connectivity index (χ1) is 8.58. The van der Waals surface area contributed by atoms with Crippen LogP contribution in [0.2, 0.25) is 0 Å². The Bertz CT molecular complexity index is 306. The Hall–Kier alpha value is -1.10. The summed E-state index contributed by atoms with van der Waals surface area (Å²) in [4.78, 5) is 23.2. The van der Waals surface area contributed by atoms with Crippen LogP contribution in [0.3, 0.4) is 0 Å². The molecule has 112 valence electrons. The number of carbonyl (C=O) groups is 2. The van der Waals surface area contributed by atoms with Gasteiger partial charge in [-0.3, -0.25) is 9.59 Å². The molecule has 0 heterocycles. The molecular weight excluding hydrogens is 244 g/mol. The number of amides is 2. The Morgan fingerprint density at radius 3 is 2.11 bits per heavy atom. The Kier molecular flexibility index (Phi) is 7.05. The highest BCUT2D eigenvalue weighted by Crippen LogP contribution is 2.20. The first-order valence-corrected chi connectivity index (χ1v) is 6.74. The molecule has 0 aromatic heterocycles. The average Bonchev–Trinajstić information content (AvgIpc) is 2.29. The first-order valence-electron chi connectivity index (χ1n) is 6.74. The second kappa shape index (κ2) is 7.48. The Morgan fingerprint density at radius 2 is 1.63 bits per heavy atom. The molecule has 0 aliphatic carbocycles. The van der Waals surface area contributed by atoms with Crippen LogP contribution in [0.25, 0.3) is 0 Å². The molecule has 0 unspecified atom stereocenters. The fraction of sp³-hybridized carbons (Fsp3) is 0.857. The minimum Gasteiger partial charge on any atom is -0.396 e. The lowest BCUT2D eigenvalue weighted by atomic mass is 9.88. The van der Waals surface area contributed by atoms with Gasteiger partial charge >= 0.3 is 0 Å². The summed E-state index contributed by atoms with van der Waals surface area (Å²) in [5.41, 5.74) is -0.535. The molecule has 5 heteroatoms. The standard InChI is InChI=1S/C14H28N2O3/c1-13(2,3)12(19)15-9-11(18)16-10-14(4,5)7-6-8-17/h17H,6-10H2,1-5H3,(H,15,19)(H,16,18). The van der Waals surface area contributed by atoms with Gasteiger partial charge in [-0.25, -0.2) is 0 Å². The molecule has 5 nitrogen and oxygen atoms in total. The van der Waals surface area contributed by atoms with Gasteiger partial charge in [0.2, 0.25) is 11.8 Å². The number of hydrogen-bond acceptors (Lipinski definition) is 3. The lowest BCUT2D eigenvalue weighted by Gasteiger charge is -2.25. The van der Waals surface area contributed by atoms with Crippen molar-refractivity contribution < 1.29 is 14.7 Å². The van der Waals surface area contributed by atoms with Crippen LogP contribution in [0.1, 0.15) is 47.5 Å². The number of rotatable bonds is 7. The molecule has 0 saturated carbocycles. The maximum absolute atomic E-state index is 11.6. The summed E-state index contributed by atoms with van der Waals surface area (Å²) in [6.45, 7) is 10.2. The van der Waals surface area contributed by atoms with Crippen LogP contribution in [-0.4, -0.2) is 36.6 Å². The summed E-state index contributed by atoms with van der Waals surface area (Å²) in [6, 6.07) is 0. The minimum absolute atomic E-state index is 0.00613. The van der Waals surface area contributed by atoms with E-state index in [1.807, 2.05) is 13.8 Å². The molecular formula is C14H28N2O3. The maximum atomic E-state index is 11.6. The lowest BCUT2D eigenvalue weighted by Crippen LogP contribution is -2.43. The lowest BCUT2D eigenvalue weighted by molar-refractivity contribution is -0.131. The Morgan fingerprint density at radius 1 is 1.05 bits per heavy atom. The summed E-state index contributed by atoms with van der Waals surface area (Å²) in [5, 5.41) is 14.2. The Balaban J connectivity index is 3.97. The van der Waals surface area contributed by atoms with E-state index < -0.39 is 5.41 Å². The molecule has 0 radical (unpaired) electrons. The molecule has 0 aromatic rings. The molecule has 0 fully saturated rings. The van der Waals surface area contributed by atoms with E-state index in [9.17, 15) is 9.59 Å². The van der Waals surface area contributed by atoms with Crippen molar-refractivity contribution in [3.8, 4) is 0 Å². The number of hydrogen-bond donors (Lipinski definition) is 3. The molecule has 0 atom stereocenters. The summed E-state index contributed by atoms with van der Waals surface area (Å²) in [6.07, 6.45) is 1.57. The second-order valence-electron chi connectivity index (χ2n) is 6.70. The van der Waals surface area contributed by atoms with Crippen molar-refractivity contribution in [1.29, 1.82) is 0 Å². The smallest absolute Gasteiger partial charge is 0.239 e. The van der Waals surface area contributed by atoms with E-state index in [0.717, 1.165) is 12.8 Å². The highest BCUT2D eigenvalue weighted by molar-refractivity contribution is 5.87. The zero-order valence-corrected chi connectivity index (χ0v) is 12.8. The number of aliphatic hydroxyl groups is 1. The van der Waals surface area contributed by atoms with Crippen LogP contribution in [0.15, 0.2) is 0 Å². The predicted molar refractivity (Wildman–Crippen MR) is 75.6 cm³/mol. The van der Waals surface area contributed by atoms with E-state index in [0.29, 0.717) is 6.54 Å². The monoisotopic (exact) mass is 272 g/mol. The van der Waals surface area contributed by atoms with Crippen LogP contribution in [0, 0.1) is 10.8 Å². The molecule has 0 saturated heterocycles. The third kappa shape index (κ3) is 8.59. The zero-order chi connectivity index (χ0) is 15.1. The molecule has 0 aliphatic heterocycles. The fourth-order valence-corrected chi connectivity index (χ4v) is 1.47. The van der Waals surface area contributed by atoms with E-state index in [2.05, 4.69) is 10.6 Å². The zero-order valence-electron chi connectivity index (χ0n) is 12.8. The van der Waals surface area contributed by atoms with E-state index in [1.165, 1.54) is 0 Å². The van der Waals surface area contributed by atoms with Gasteiger partial charge in [-0.1, -0.05) is 34.6 Å². The second-order valence-corrected chi connectivity index (χ2v) is 6.70. The van der Waals surface area contributed by atoms with E-state index in [1.54, 1.807) is 20.8 Å². The van der Waals surface area contributed by atoms with E-state index in [4.69, 9.17) is 5.11 Å². The van der Waals surface area contributed by atoms with Crippen LogP contribution >= 0.6 is 0 Å². The van der Waals surface area contributed by atoms with Gasteiger partial charge in [-0.05, 0) is 18.3 Å². The highest BCUT2D eigenvalue weighted by Gasteiger charge is 2.22. The van der Waals surface area contributed by atoms with Gasteiger partial charge in [-0.2, -0.15) is 0 Å². The largest absolute Gasteiger partial charge is 0.396 e. The van der Waals surface area contributed by atoms with Gasteiger partial charge < -0.3 is 15.7 Å². The van der Waals surface area contributed by atoms with Crippen molar-refractivity contribution in [1.82, 2.24) is 10.6 Å². The molecule has 0 rings (SSSR count). The summed E-state index contributed by atoms with van der Waals surface area (Å²) in [7, 11) is 0. The van der Waals surface area contributed by atoms with E-state index >= 15 is 0 Å². The molecule has 3 N–H and O–H groups in total. The van der Waals surface area contributed by atoms with Crippen molar-refractivity contribution in [3.05, 3.63) is 0 Å². The summed E-state index contributed by atoms with van der Waals surface area (Å²) in [5.74, 6) is -0.322. The summed E-state index contributed by atoms with van der Waals surface area (Å²) >= 11 is 0. The SMILES string of the molecule is CC(C)(CCCO)CNC(=O)CNC(=O)C(C)(C)C. The molecule has 2 amide bonds. The van der Waals surface area contributed by atoms with Gasteiger partial charge in [-0.15, -0.1) is 0 Å². The van der Waals surface area contributed by atoms with Gasteiger partial charge in [0.05, 0.1) is 6.54 Å². The fourth-order valence-electron chi connectivity index (χ4n) is 1.47. The number of aliphatic hydroxyl groups excluding tert-OH is 1. The van der Waals surface area contributed by atoms with Crippen molar-refractivity contribution in [2.45, 2.75) is 47.5 Å². The van der Waals surface area contributed by atoms with Crippen LogP contribution in [-0.2, 0) is 9.59 Å².